The molecule has 0 radical (unpaired) electrons. The summed E-state index contributed by atoms with van der Waals surface area (Å²) in [6, 6.07) is 9.65. The number of ether oxygens (including phenoxy) is 1. The van der Waals surface area contributed by atoms with Crippen molar-refractivity contribution in [2.45, 2.75) is 6.18 Å². The molecule has 0 aliphatic heterocycles. The number of benzene rings is 2. The number of halogens is 3. The highest BCUT2D eigenvalue weighted by Gasteiger charge is 2.30. The predicted octanol–water partition coefficient (Wildman–Crippen LogP) is 5.71. The number of nitrogens with zero attached hydrogens (tertiary/aromatic N) is 1. The SMILES string of the molecule is COc1ccc2c(=S)n(-c3ccc(C(F)(F)F)cc3)c(=S)oc2c1. The first-order chi connectivity index (χ1) is 11.3. The van der Waals surface area contributed by atoms with E-state index in [-0.39, 0.29) is 4.84 Å². The van der Waals surface area contributed by atoms with Gasteiger partial charge in [-0.2, -0.15) is 13.2 Å². The van der Waals surface area contributed by atoms with Crippen molar-refractivity contribution in [2.24, 2.45) is 0 Å². The number of hydrogen-bond donors (Lipinski definition) is 0. The lowest BCUT2D eigenvalue weighted by Gasteiger charge is -2.11. The number of rotatable bonds is 2. The first-order valence-corrected chi connectivity index (χ1v) is 7.54. The lowest BCUT2D eigenvalue weighted by atomic mass is 10.2. The lowest BCUT2D eigenvalue weighted by Crippen LogP contribution is -2.05. The Kier molecular flexibility index (Phi) is 4.18. The van der Waals surface area contributed by atoms with Crippen LogP contribution in [0.2, 0.25) is 0 Å². The highest BCUT2D eigenvalue weighted by Crippen LogP contribution is 2.30. The first kappa shape index (κ1) is 16.7. The van der Waals surface area contributed by atoms with Crippen LogP contribution in [0.15, 0.2) is 46.9 Å². The highest BCUT2D eigenvalue weighted by molar-refractivity contribution is 7.72. The molecule has 124 valence electrons. The number of alkyl halides is 3. The molecule has 0 amide bonds. The van der Waals surface area contributed by atoms with Crippen molar-refractivity contribution < 1.29 is 22.3 Å². The zero-order valence-corrected chi connectivity index (χ0v) is 13.9. The summed E-state index contributed by atoms with van der Waals surface area (Å²) < 4.78 is 50.5. The summed E-state index contributed by atoms with van der Waals surface area (Å²) in [6.07, 6.45) is -4.40. The summed E-state index contributed by atoms with van der Waals surface area (Å²) in [5.74, 6) is 0.585. The van der Waals surface area contributed by atoms with Crippen LogP contribution in [0.3, 0.4) is 0 Å². The molecule has 0 spiro atoms. The largest absolute Gasteiger partial charge is 0.497 e. The van der Waals surface area contributed by atoms with E-state index in [1.54, 1.807) is 18.2 Å². The summed E-state index contributed by atoms with van der Waals surface area (Å²) in [5, 5.41) is 0.610. The van der Waals surface area contributed by atoms with Crippen molar-refractivity contribution in [2.75, 3.05) is 7.11 Å². The Morgan fingerprint density at radius 2 is 1.71 bits per heavy atom. The van der Waals surface area contributed by atoms with E-state index in [9.17, 15) is 13.2 Å². The van der Waals surface area contributed by atoms with Crippen LogP contribution in [0.1, 0.15) is 5.56 Å². The van der Waals surface area contributed by atoms with E-state index < -0.39 is 11.7 Å². The molecule has 0 N–H and O–H groups in total. The van der Waals surface area contributed by atoms with Gasteiger partial charge in [0.05, 0.1) is 23.7 Å². The molecule has 0 saturated heterocycles. The standard InChI is InChI=1S/C16H10F3NO2S2/c1-21-11-6-7-12-13(8-11)22-15(24)20(14(12)23)10-4-2-9(3-5-10)16(17,18)19/h2-8H,1H3. The van der Waals surface area contributed by atoms with Crippen molar-refractivity contribution >= 4 is 35.4 Å². The second-order valence-corrected chi connectivity index (χ2v) is 5.65. The zero-order chi connectivity index (χ0) is 17.5. The van der Waals surface area contributed by atoms with Crippen molar-refractivity contribution in [3.05, 3.63) is 57.5 Å². The molecule has 3 rings (SSSR count). The maximum atomic E-state index is 12.7. The van der Waals surface area contributed by atoms with E-state index in [2.05, 4.69) is 0 Å². The fraction of sp³-hybridized carbons (Fsp3) is 0.125. The van der Waals surface area contributed by atoms with Crippen LogP contribution >= 0.6 is 24.4 Å². The number of aromatic nitrogens is 1. The predicted molar refractivity (Wildman–Crippen MR) is 88.8 cm³/mol. The normalized spacial score (nSPS) is 11.7. The number of fused-ring (bicyclic) bond motifs is 1. The summed E-state index contributed by atoms with van der Waals surface area (Å²) in [7, 11) is 1.52. The van der Waals surface area contributed by atoms with E-state index in [0.29, 0.717) is 27.0 Å². The van der Waals surface area contributed by atoms with Crippen LogP contribution in [-0.2, 0) is 6.18 Å². The Hall–Kier alpha value is -2.19. The average Bonchev–Trinajstić information content (AvgIpc) is 2.54. The van der Waals surface area contributed by atoms with Crippen LogP contribution in [0.5, 0.6) is 5.75 Å². The van der Waals surface area contributed by atoms with Gasteiger partial charge in [0, 0.05) is 6.07 Å². The Labute approximate surface area is 144 Å². The molecular weight excluding hydrogens is 359 g/mol. The fourth-order valence-corrected chi connectivity index (χ4v) is 2.96. The third-order valence-electron chi connectivity index (χ3n) is 3.45. The van der Waals surface area contributed by atoms with Crippen LogP contribution < -0.4 is 4.74 Å². The number of hydrogen-bond acceptors (Lipinski definition) is 4. The van der Waals surface area contributed by atoms with Gasteiger partial charge in [-0.05, 0) is 48.6 Å². The second-order valence-electron chi connectivity index (χ2n) is 4.92. The van der Waals surface area contributed by atoms with Gasteiger partial charge in [0.25, 0.3) is 4.84 Å². The third-order valence-corrected chi connectivity index (χ3v) is 4.12. The highest BCUT2D eigenvalue weighted by atomic mass is 32.1. The summed E-state index contributed by atoms with van der Waals surface area (Å²) in [5.41, 5.74) is 0.109. The van der Waals surface area contributed by atoms with E-state index in [1.165, 1.54) is 23.8 Å². The lowest BCUT2D eigenvalue weighted by molar-refractivity contribution is -0.137. The fourth-order valence-electron chi connectivity index (χ4n) is 2.26. The average molecular weight is 369 g/mol. The molecule has 0 unspecified atom stereocenters. The van der Waals surface area contributed by atoms with Gasteiger partial charge in [0.15, 0.2) is 0 Å². The topological polar surface area (TPSA) is 27.3 Å². The minimum Gasteiger partial charge on any atom is -0.497 e. The molecule has 0 atom stereocenters. The number of methoxy groups -OCH3 is 1. The Balaban J connectivity index is 2.20. The molecule has 24 heavy (non-hydrogen) atoms. The Morgan fingerprint density at radius 1 is 1.04 bits per heavy atom. The monoisotopic (exact) mass is 369 g/mol. The van der Waals surface area contributed by atoms with Crippen LogP contribution in [0.4, 0.5) is 13.2 Å². The van der Waals surface area contributed by atoms with Crippen molar-refractivity contribution in [3.63, 3.8) is 0 Å². The molecule has 3 nitrogen and oxygen atoms in total. The van der Waals surface area contributed by atoms with Gasteiger partial charge in [-0.15, -0.1) is 0 Å². The van der Waals surface area contributed by atoms with Gasteiger partial charge in [0.1, 0.15) is 16.0 Å². The molecule has 2 aromatic carbocycles. The Bertz CT molecular complexity index is 1020. The molecule has 0 saturated carbocycles. The third kappa shape index (κ3) is 2.94. The Morgan fingerprint density at radius 3 is 2.29 bits per heavy atom. The van der Waals surface area contributed by atoms with Crippen molar-refractivity contribution in [3.8, 4) is 11.4 Å². The molecule has 8 heteroatoms. The quantitative estimate of drug-likeness (QED) is 0.541. The minimum atomic E-state index is -4.40. The van der Waals surface area contributed by atoms with Crippen LogP contribution in [-0.4, -0.2) is 11.7 Å². The second kappa shape index (κ2) is 6.03. The first-order valence-electron chi connectivity index (χ1n) is 6.73. The molecule has 1 aromatic heterocycles. The maximum absolute atomic E-state index is 12.7. The van der Waals surface area contributed by atoms with E-state index in [4.69, 9.17) is 33.6 Å². The van der Waals surface area contributed by atoms with Crippen molar-refractivity contribution in [1.29, 1.82) is 0 Å². The van der Waals surface area contributed by atoms with Gasteiger partial charge in [-0.3, -0.25) is 4.57 Å². The zero-order valence-electron chi connectivity index (χ0n) is 12.3. The van der Waals surface area contributed by atoms with Gasteiger partial charge < -0.3 is 9.15 Å². The molecular formula is C16H10F3NO2S2. The molecule has 0 aliphatic rings. The molecule has 0 fully saturated rings. The van der Waals surface area contributed by atoms with Gasteiger partial charge in [-0.1, -0.05) is 12.2 Å². The van der Waals surface area contributed by atoms with Gasteiger partial charge >= 0.3 is 6.18 Å². The minimum absolute atomic E-state index is 0.0421. The van der Waals surface area contributed by atoms with Crippen molar-refractivity contribution in [1.82, 2.24) is 4.57 Å². The summed E-state index contributed by atoms with van der Waals surface area (Å²) >= 11 is 10.6. The molecule has 0 bridgehead atoms. The molecule has 3 aromatic rings. The summed E-state index contributed by atoms with van der Waals surface area (Å²) in [6.45, 7) is 0. The summed E-state index contributed by atoms with van der Waals surface area (Å²) in [4.78, 5) is 0.0421. The smallest absolute Gasteiger partial charge is 0.416 e. The van der Waals surface area contributed by atoms with E-state index in [0.717, 1.165) is 12.1 Å². The van der Waals surface area contributed by atoms with Gasteiger partial charge in [-0.25, -0.2) is 0 Å². The van der Waals surface area contributed by atoms with E-state index >= 15 is 0 Å². The molecule has 0 aliphatic carbocycles. The van der Waals surface area contributed by atoms with Crippen LogP contribution in [0, 0.1) is 9.48 Å². The maximum Gasteiger partial charge on any atom is 0.416 e. The van der Waals surface area contributed by atoms with Gasteiger partial charge in [0.2, 0.25) is 0 Å². The van der Waals surface area contributed by atoms with Crippen LogP contribution in [0.25, 0.3) is 16.7 Å². The van der Waals surface area contributed by atoms with E-state index in [1.807, 2.05) is 0 Å². The molecule has 1 heterocycles.